The summed E-state index contributed by atoms with van der Waals surface area (Å²) in [6.45, 7) is 0.332. The number of carbonyl (C=O) groups is 1. The Morgan fingerprint density at radius 3 is 3.06 bits per heavy atom. The molecule has 1 heterocycles. The average molecular weight is 249 g/mol. The predicted octanol–water partition coefficient (Wildman–Crippen LogP) is 1.49. The molecule has 1 aromatic heterocycles. The van der Waals surface area contributed by atoms with Gasteiger partial charge in [-0.15, -0.1) is 0 Å². The van der Waals surface area contributed by atoms with Crippen LogP contribution in [0, 0.1) is 5.82 Å². The molecule has 0 atom stereocenters. The SMILES string of the molecule is COc1cc(C(=O)NCc2cnc[nH]2)ccc1F. The third kappa shape index (κ3) is 2.65. The molecule has 0 radical (unpaired) electrons. The van der Waals surface area contributed by atoms with E-state index in [-0.39, 0.29) is 11.7 Å². The minimum atomic E-state index is -0.498. The van der Waals surface area contributed by atoms with E-state index in [4.69, 9.17) is 4.74 Å². The summed E-state index contributed by atoms with van der Waals surface area (Å²) in [7, 11) is 1.35. The maximum absolute atomic E-state index is 13.2. The standard InChI is InChI=1S/C12H12FN3O2/c1-18-11-4-8(2-3-10(11)13)12(17)15-6-9-5-14-7-16-9/h2-5,7H,6H2,1H3,(H,14,16)(H,15,17). The van der Waals surface area contributed by atoms with Crippen molar-refractivity contribution in [2.75, 3.05) is 7.11 Å². The van der Waals surface area contributed by atoms with Gasteiger partial charge in [0.05, 0.1) is 25.7 Å². The molecule has 0 unspecified atom stereocenters. The van der Waals surface area contributed by atoms with E-state index in [0.29, 0.717) is 12.1 Å². The number of amides is 1. The maximum atomic E-state index is 13.2. The summed E-state index contributed by atoms with van der Waals surface area (Å²) in [4.78, 5) is 18.5. The number of nitrogens with zero attached hydrogens (tertiary/aromatic N) is 1. The minimum absolute atomic E-state index is 0.0455. The first-order valence-electron chi connectivity index (χ1n) is 5.29. The van der Waals surface area contributed by atoms with Crippen molar-refractivity contribution in [3.05, 3.63) is 47.8 Å². The first-order chi connectivity index (χ1) is 8.70. The van der Waals surface area contributed by atoms with Crippen LogP contribution in [0.25, 0.3) is 0 Å². The van der Waals surface area contributed by atoms with Crippen molar-refractivity contribution in [2.45, 2.75) is 6.54 Å². The summed E-state index contributed by atoms with van der Waals surface area (Å²) in [6, 6.07) is 3.96. The lowest BCUT2D eigenvalue weighted by Gasteiger charge is -2.06. The van der Waals surface area contributed by atoms with Crippen molar-refractivity contribution >= 4 is 5.91 Å². The van der Waals surface area contributed by atoms with Gasteiger partial charge in [0.15, 0.2) is 11.6 Å². The number of halogens is 1. The molecule has 18 heavy (non-hydrogen) atoms. The molecule has 2 aromatic rings. The van der Waals surface area contributed by atoms with Crippen molar-refractivity contribution in [1.82, 2.24) is 15.3 Å². The van der Waals surface area contributed by atoms with Gasteiger partial charge in [-0.2, -0.15) is 0 Å². The number of benzene rings is 1. The molecular weight excluding hydrogens is 237 g/mol. The Morgan fingerprint density at radius 2 is 2.39 bits per heavy atom. The summed E-state index contributed by atoms with van der Waals surface area (Å²) in [6.07, 6.45) is 3.15. The molecule has 0 bridgehead atoms. The van der Waals surface area contributed by atoms with E-state index in [0.717, 1.165) is 5.69 Å². The first kappa shape index (κ1) is 12.1. The highest BCUT2D eigenvalue weighted by Gasteiger charge is 2.09. The van der Waals surface area contributed by atoms with Crippen LogP contribution >= 0.6 is 0 Å². The second kappa shape index (κ2) is 5.31. The van der Waals surface area contributed by atoms with Gasteiger partial charge in [0.25, 0.3) is 5.91 Å². The number of carbonyl (C=O) groups excluding carboxylic acids is 1. The summed E-state index contributed by atoms with van der Waals surface area (Å²) < 4.78 is 18.0. The molecule has 0 fully saturated rings. The third-order valence-electron chi connectivity index (χ3n) is 2.41. The van der Waals surface area contributed by atoms with Crippen LogP contribution in [0.15, 0.2) is 30.7 Å². The molecule has 1 aromatic carbocycles. The summed E-state index contributed by atoms with van der Waals surface area (Å²) in [5.74, 6) is -0.755. The van der Waals surface area contributed by atoms with Crippen molar-refractivity contribution in [2.24, 2.45) is 0 Å². The largest absolute Gasteiger partial charge is 0.494 e. The number of aromatic nitrogens is 2. The minimum Gasteiger partial charge on any atom is -0.494 e. The van der Waals surface area contributed by atoms with Gasteiger partial charge in [-0.1, -0.05) is 0 Å². The summed E-state index contributed by atoms with van der Waals surface area (Å²) >= 11 is 0. The van der Waals surface area contributed by atoms with Gasteiger partial charge in [0.2, 0.25) is 0 Å². The van der Waals surface area contributed by atoms with E-state index in [9.17, 15) is 9.18 Å². The van der Waals surface area contributed by atoms with Gasteiger partial charge in [0.1, 0.15) is 0 Å². The van der Waals surface area contributed by atoms with E-state index in [1.54, 1.807) is 6.20 Å². The van der Waals surface area contributed by atoms with Crippen LogP contribution in [0.2, 0.25) is 0 Å². The van der Waals surface area contributed by atoms with Crippen molar-refractivity contribution in [3.63, 3.8) is 0 Å². The number of nitrogens with one attached hydrogen (secondary N) is 2. The van der Waals surface area contributed by atoms with E-state index < -0.39 is 5.82 Å². The molecule has 0 saturated heterocycles. The highest BCUT2D eigenvalue weighted by molar-refractivity contribution is 5.94. The zero-order chi connectivity index (χ0) is 13.0. The quantitative estimate of drug-likeness (QED) is 0.862. The zero-order valence-corrected chi connectivity index (χ0v) is 9.74. The molecule has 5 nitrogen and oxygen atoms in total. The molecule has 0 aliphatic heterocycles. The Bertz CT molecular complexity index is 540. The van der Waals surface area contributed by atoms with Crippen LogP contribution in [0.3, 0.4) is 0 Å². The topological polar surface area (TPSA) is 67.0 Å². The number of rotatable bonds is 4. The smallest absolute Gasteiger partial charge is 0.251 e. The molecule has 2 N–H and O–H groups in total. The lowest BCUT2D eigenvalue weighted by atomic mass is 10.2. The van der Waals surface area contributed by atoms with E-state index in [2.05, 4.69) is 15.3 Å². The zero-order valence-electron chi connectivity index (χ0n) is 9.74. The fourth-order valence-electron chi connectivity index (χ4n) is 1.46. The van der Waals surface area contributed by atoms with Crippen LogP contribution in [0.1, 0.15) is 16.1 Å². The molecular formula is C12H12FN3O2. The highest BCUT2D eigenvalue weighted by atomic mass is 19.1. The number of hydrogen-bond donors (Lipinski definition) is 2. The van der Waals surface area contributed by atoms with Gasteiger partial charge in [-0.05, 0) is 18.2 Å². The predicted molar refractivity (Wildman–Crippen MR) is 62.7 cm³/mol. The summed E-state index contributed by atoms with van der Waals surface area (Å²) in [5, 5.41) is 2.68. The van der Waals surface area contributed by atoms with Crippen LogP contribution in [-0.4, -0.2) is 23.0 Å². The molecule has 2 rings (SSSR count). The molecule has 1 amide bonds. The van der Waals surface area contributed by atoms with Gasteiger partial charge in [0, 0.05) is 11.8 Å². The molecule has 0 aliphatic rings. The number of methoxy groups -OCH3 is 1. The monoisotopic (exact) mass is 249 g/mol. The Hall–Kier alpha value is -2.37. The molecule has 6 heteroatoms. The molecule has 0 saturated carbocycles. The van der Waals surface area contributed by atoms with Crippen LogP contribution in [0.4, 0.5) is 4.39 Å². The number of ether oxygens (including phenoxy) is 1. The van der Waals surface area contributed by atoms with E-state index in [1.165, 1.54) is 31.6 Å². The summed E-state index contributed by atoms with van der Waals surface area (Å²) in [5.41, 5.74) is 1.13. The fourth-order valence-corrected chi connectivity index (χ4v) is 1.46. The highest BCUT2D eigenvalue weighted by Crippen LogP contribution is 2.18. The number of aromatic amines is 1. The van der Waals surface area contributed by atoms with Gasteiger partial charge in [-0.25, -0.2) is 9.37 Å². The van der Waals surface area contributed by atoms with Crippen LogP contribution in [-0.2, 0) is 6.54 Å². The number of H-pyrrole nitrogens is 1. The molecule has 94 valence electrons. The third-order valence-corrected chi connectivity index (χ3v) is 2.41. The van der Waals surface area contributed by atoms with Gasteiger partial charge < -0.3 is 15.0 Å². The van der Waals surface area contributed by atoms with Crippen LogP contribution in [0.5, 0.6) is 5.75 Å². The Labute approximate surface area is 103 Å². The number of hydrogen-bond acceptors (Lipinski definition) is 3. The Kier molecular flexibility index (Phi) is 3.57. The number of imidazole rings is 1. The lowest BCUT2D eigenvalue weighted by Crippen LogP contribution is -2.23. The van der Waals surface area contributed by atoms with Crippen LogP contribution < -0.4 is 10.1 Å². The van der Waals surface area contributed by atoms with Crippen molar-refractivity contribution in [1.29, 1.82) is 0 Å². The molecule has 0 aliphatic carbocycles. The van der Waals surface area contributed by atoms with Gasteiger partial charge >= 0.3 is 0 Å². The average Bonchev–Trinajstić information content (AvgIpc) is 2.89. The fraction of sp³-hybridized carbons (Fsp3) is 0.167. The second-order valence-corrected chi connectivity index (χ2v) is 3.61. The second-order valence-electron chi connectivity index (χ2n) is 3.61. The van der Waals surface area contributed by atoms with Crippen molar-refractivity contribution < 1.29 is 13.9 Å². The maximum Gasteiger partial charge on any atom is 0.251 e. The normalized spacial score (nSPS) is 10.1. The van der Waals surface area contributed by atoms with Gasteiger partial charge in [-0.3, -0.25) is 4.79 Å². The first-order valence-corrected chi connectivity index (χ1v) is 5.29. The lowest BCUT2D eigenvalue weighted by molar-refractivity contribution is 0.0950. The van der Waals surface area contributed by atoms with E-state index >= 15 is 0 Å². The Morgan fingerprint density at radius 1 is 1.56 bits per heavy atom. The van der Waals surface area contributed by atoms with E-state index in [1.807, 2.05) is 0 Å². The van der Waals surface area contributed by atoms with Crippen molar-refractivity contribution in [3.8, 4) is 5.75 Å². The Balaban J connectivity index is 2.04. The molecule has 0 spiro atoms.